The van der Waals surface area contributed by atoms with E-state index in [1.807, 2.05) is 0 Å². The van der Waals surface area contributed by atoms with Crippen LogP contribution in [0.3, 0.4) is 0 Å². The molecule has 0 aliphatic rings. The third-order valence-electron chi connectivity index (χ3n) is 10.3. The van der Waals surface area contributed by atoms with E-state index in [0.717, 1.165) is 55.5 Å². The van der Waals surface area contributed by atoms with Crippen LogP contribution in [-0.4, -0.2) is 0 Å². The Labute approximate surface area is 302 Å². The Hall–Kier alpha value is -6.90. The monoisotopic (exact) mass is 663 g/mol. The van der Waals surface area contributed by atoms with Gasteiger partial charge >= 0.3 is 0 Å². The average molecular weight is 664 g/mol. The molecule has 9 aromatic carbocycles. The predicted octanol–water partition coefficient (Wildman–Crippen LogP) is 14.4. The molecule has 10 aromatic rings. The highest BCUT2D eigenvalue weighted by Gasteiger charge is 2.23. The van der Waals surface area contributed by atoms with Gasteiger partial charge < -0.3 is 9.32 Å². The van der Waals surface area contributed by atoms with Crippen LogP contribution in [-0.2, 0) is 0 Å². The largest absolute Gasteiger partial charge is 0.455 e. The Morgan fingerprint density at radius 2 is 0.750 bits per heavy atom. The summed E-state index contributed by atoms with van der Waals surface area (Å²) in [5.74, 6) is 0. The maximum atomic E-state index is 6.89. The molecule has 2 nitrogen and oxygen atoms in total. The first-order valence-corrected chi connectivity index (χ1v) is 17.8. The zero-order valence-corrected chi connectivity index (χ0v) is 28.4. The van der Waals surface area contributed by atoms with E-state index in [4.69, 9.17) is 4.42 Å². The van der Waals surface area contributed by atoms with Gasteiger partial charge in [0.05, 0.1) is 5.69 Å². The molecule has 0 atom stereocenters. The van der Waals surface area contributed by atoms with Crippen molar-refractivity contribution in [1.29, 1.82) is 0 Å². The van der Waals surface area contributed by atoms with Gasteiger partial charge in [-0.15, -0.1) is 0 Å². The van der Waals surface area contributed by atoms with Crippen molar-refractivity contribution >= 4 is 60.5 Å². The molecule has 1 heterocycles. The molecule has 0 unspecified atom stereocenters. The van der Waals surface area contributed by atoms with E-state index in [0.29, 0.717) is 0 Å². The van der Waals surface area contributed by atoms with Gasteiger partial charge in [0.2, 0.25) is 0 Å². The minimum absolute atomic E-state index is 0.873. The summed E-state index contributed by atoms with van der Waals surface area (Å²) in [6, 6.07) is 71.5. The molecular weight excluding hydrogens is 631 g/mol. The van der Waals surface area contributed by atoms with Crippen molar-refractivity contribution in [1.82, 2.24) is 0 Å². The molecule has 0 saturated heterocycles. The third kappa shape index (κ3) is 5.04. The smallest absolute Gasteiger partial charge is 0.143 e. The van der Waals surface area contributed by atoms with E-state index in [-0.39, 0.29) is 0 Å². The van der Waals surface area contributed by atoms with Crippen LogP contribution in [0.1, 0.15) is 0 Å². The number of hydrogen-bond acceptors (Lipinski definition) is 2. The molecule has 0 fully saturated rings. The van der Waals surface area contributed by atoms with Gasteiger partial charge in [0.1, 0.15) is 11.2 Å². The Morgan fingerprint density at radius 1 is 0.327 bits per heavy atom. The summed E-state index contributed by atoms with van der Waals surface area (Å²) in [4.78, 5) is 2.40. The van der Waals surface area contributed by atoms with Gasteiger partial charge in [-0.05, 0) is 80.4 Å². The second-order valence-corrected chi connectivity index (χ2v) is 13.3. The fourth-order valence-electron chi connectivity index (χ4n) is 7.77. The number of fused-ring (bicyclic) bond motifs is 8. The number of nitrogens with zero attached hydrogens (tertiary/aromatic N) is 1. The van der Waals surface area contributed by atoms with Crippen molar-refractivity contribution in [2.75, 3.05) is 4.90 Å². The van der Waals surface area contributed by atoms with Crippen molar-refractivity contribution < 1.29 is 4.42 Å². The lowest BCUT2D eigenvalue weighted by Crippen LogP contribution is -2.11. The SMILES string of the molecule is c1ccc(-c2ccc(N(c3ccc(-c4ccccc4)cc3)c3cc4c(cc3-c3ccccc3)oc3c5ccccc5c5ccccc5c43)cc2)cc1. The molecule has 0 amide bonds. The fraction of sp³-hybridized carbons (Fsp3) is 0. The lowest BCUT2D eigenvalue weighted by Gasteiger charge is -2.28. The molecule has 0 spiro atoms. The molecule has 0 N–H and O–H groups in total. The summed E-state index contributed by atoms with van der Waals surface area (Å²) in [6.45, 7) is 0. The molecule has 244 valence electrons. The molecule has 0 aliphatic heterocycles. The van der Waals surface area contributed by atoms with Crippen LogP contribution in [0.2, 0.25) is 0 Å². The average Bonchev–Trinajstić information content (AvgIpc) is 3.61. The zero-order chi connectivity index (χ0) is 34.4. The molecule has 0 radical (unpaired) electrons. The summed E-state index contributed by atoms with van der Waals surface area (Å²) in [5.41, 5.74) is 12.0. The number of hydrogen-bond donors (Lipinski definition) is 0. The lowest BCUT2D eigenvalue weighted by atomic mass is 9.95. The van der Waals surface area contributed by atoms with Gasteiger partial charge in [-0.2, -0.15) is 0 Å². The zero-order valence-electron chi connectivity index (χ0n) is 28.4. The predicted molar refractivity (Wildman–Crippen MR) is 220 cm³/mol. The van der Waals surface area contributed by atoms with Crippen LogP contribution in [0.4, 0.5) is 17.1 Å². The highest BCUT2D eigenvalue weighted by atomic mass is 16.3. The Bertz CT molecular complexity index is 2770. The maximum absolute atomic E-state index is 6.89. The van der Waals surface area contributed by atoms with Gasteiger partial charge in [0.25, 0.3) is 0 Å². The van der Waals surface area contributed by atoms with Crippen molar-refractivity contribution in [2.24, 2.45) is 0 Å². The third-order valence-corrected chi connectivity index (χ3v) is 10.3. The molecule has 2 heteroatoms. The molecule has 1 aromatic heterocycles. The summed E-state index contributed by atoms with van der Waals surface area (Å²) in [5, 5.41) is 6.99. The highest BCUT2D eigenvalue weighted by molar-refractivity contribution is 6.30. The second kappa shape index (κ2) is 12.5. The molecular formula is C50H33NO. The van der Waals surface area contributed by atoms with Crippen molar-refractivity contribution in [3.63, 3.8) is 0 Å². The molecule has 52 heavy (non-hydrogen) atoms. The minimum Gasteiger partial charge on any atom is -0.455 e. The van der Waals surface area contributed by atoms with E-state index >= 15 is 0 Å². The van der Waals surface area contributed by atoms with Crippen molar-refractivity contribution in [2.45, 2.75) is 0 Å². The van der Waals surface area contributed by atoms with Gasteiger partial charge in [-0.3, -0.25) is 0 Å². The topological polar surface area (TPSA) is 16.4 Å². The molecule has 10 rings (SSSR count). The molecule has 0 bridgehead atoms. The van der Waals surface area contributed by atoms with Gasteiger partial charge in [0.15, 0.2) is 0 Å². The van der Waals surface area contributed by atoms with Crippen LogP contribution >= 0.6 is 0 Å². The summed E-state index contributed by atoms with van der Waals surface area (Å²) < 4.78 is 6.89. The minimum atomic E-state index is 0.873. The standard InChI is InChI=1S/C50H33NO/c1-4-14-34(15-5-1)36-24-28-39(29-25-36)51(40-30-26-37(27-31-40)35-16-6-2-7-17-35)47-32-46-48(33-45(47)38-18-8-3-9-19-38)52-50-44-23-13-11-21-42(44)41-20-10-12-22-43(41)49(46)50/h1-33H. The van der Waals surface area contributed by atoms with Crippen molar-refractivity contribution in [3.05, 3.63) is 200 Å². The quantitative estimate of drug-likeness (QED) is 0.165. The summed E-state index contributed by atoms with van der Waals surface area (Å²) >= 11 is 0. The van der Waals surface area contributed by atoms with E-state index in [1.165, 1.54) is 38.4 Å². The van der Waals surface area contributed by atoms with Crippen molar-refractivity contribution in [3.8, 4) is 33.4 Å². The first-order valence-electron chi connectivity index (χ1n) is 17.8. The highest BCUT2D eigenvalue weighted by Crippen LogP contribution is 2.48. The number of anilines is 3. The molecule has 0 saturated carbocycles. The van der Waals surface area contributed by atoms with Crippen LogP contribution in [0, 0.1) is 0 Å². The number of furan rings is 1. The van der Waals surface area contributed by atoms with E-state index in [1.54, 1.807) is 0 Å². The van der Waals surface area contributed by atoms with Gasteiger partial charge in [-0.25, -0.2) is 0 Å². The normalized spacial score (nSPS) is 11.5. The Kier molecular flexibility index (Phi) is 7.18. The van der Waals surface area contributed by atoms with E-state index < -0.39 is 0 Å². The van der Waals surface area contributed by atoms with E-state index in [2.05, 4.69) is 205 Å². The van der Waals surface area contributed by atoms with Crippen LogP contribution < -0.4 is 4.90 Å². The van der Waals surface area contributed by atoms with E-state index in [9.17, 15) is 0 Å². The van der Waals surface area contributed by atoms with Gasteiger partial charge in [-0.1, -0.05) is 164 Å². The van der Waals surface area contributed by atoms with Crippen LogP contribution in [0.25, 0.3) is 76.9 Å². The first kappa shape index (κ1) is 30.0. The summed E-state index contributed by atoms with van der Waals surface area (Å²) in [6.07, 6.45) is 0. The van der Waals surface area contributed by atoms with Crippen LogP contribution in [0.5, 0.6) is 0 Å². The number of rotatable bonds is 6. The second-order valence-electron chi connectivity index (χ2n) is 13.3. The van der Waals surface area contributed by atoms with Crippen LogP contribution in [0.15, 0.2) is 205 Å². The fourth-order valence-corrected chi connectivity index (χ4v) is 7.77. The Balaban J connectivity index is 1.26. The number of benzene rings is 9. The summed E-state index contributed by atoms with van der Waals surface area (Å²) in [7, 11) is 0. The van der Waals surface area contributed by atoms with Gasteiger partial charge in [0, 0.05) is 33.1 Å². The molecule has 0 aliphatic carbocycles. The Morgan fingerprint density at radius 3 is 1.29 bits per heavy atom. The lowest BCUT2D eigenvalue weighted by molar-refractivity contribution is 0.673. The maximum Gasteiger partial charge on any atom is 0.143 e. The first-order chi connectivity index (χ1) is 25.8.